The number of amides is 2. The fourth-order valence-corrected chi connectivity index (χ4v) is 3.54. The molecule has 1 N–H and O–H groups in total. The molecule has 0 radical (unpaired) electrons. The van der Waals surface area contributed by atoms with E-state index in [-0.39, 0.29) is 17.9 Å². The predicted molar refractivity (Wildman–Crippen MR) is 103 cm³/mol. The van der Waals surface area contributed by atoms with Crippen molar-refractivity contribution in [3.8, 4) is 0 Å². The fraction of sp³-hybridized carbons (Fsp3) is 0.364. The van der Waals surface area contributed by atoms with Gasteiger partial charge in [-0.15, -0.1) is 0 Å². The van der Waals surface area contributed by atoms with Crippen molar-refractivity contribution in [1.82, 2.24) is 10.2 Å². The van der Waals surface area contributed by atoms with E-state index in [4.69, 9.17) is 0 Å². The van der Waals surface area contributed by atoms with Crippen LogP contribution in [0.3, 0.4) is 0 Å². The van der Waals surface area contributed by atoms with E-state index in [9.17, 15) is 9.59 Å². The summed E-state index contributed by atoms with van der Waals surface area (Å²) in [4.78, 5) is 27.3. The van der Waals surface area contributed by atoms with E-state index in [0.717, 1.165) is 23.1 Å². The number of nitrogens with one attached hydrogen (secondary N) is 1. The summed E-state index contributed by atoms with van der Waals surface area (Å²) in [5.41, 5.74) is 4.21. The zero-order chi connectivity index (χ0) is 18.7. The van der Waals surface area contributed by atoms with Gasteiger partial charge in [0.15, 0.2) is 0 Å². The van der Waals surface area contributed by atoms with E-state index in [1.165, 1.54) is 5.56 Å². The second-order valence-electron chi connectivity index (χ2n) is 7.06. The number of hydrogen-bond donors (Lipinski definition) is 1. The first kappa shape index (κ1) is 18.2. The minimum Gasteiger partial charge on any atom is -0.350 e. The van der Waals surface area contributed by atoms with Crippen LogP contribution in [0.25, 0.3) is 0 Å². The number of nitrogens with zero attached hydrogens (tertiary/aromatic N) is 1. The summed E-state index contributed by atoms with van der Waals surface area (Å²) in [6.07, 6.45) is 1.35. The lowest BCUT2D eigenvalue weighted by molar-refractivity contribution is -0.143. The number of carbonyl (C=O) groups is 2. The molecule has 4 nitrogen and oxygen atoms in total. The maximum atomic E-state index is 13.0. The highest BCUT2D eigenvalue weighted by Crippen LogP contribution is 2.32. The lowest BCUT2D eigenvalue weighted by Crippen LogP contribution is -2.50. The van der Waals surface area contributed by atoms with Gasteiger partial charge in [0, 0.05) is 12.6 Å². The van der Waals surface area contributed by atoms with E-state index in [0.29, 0.717) is 13.0 Å². The topological polar surface area (TPSA) is 49.4 Å². The Bertz CT molecular complexity index is 796. The van der Waals surface area contributed by atoms with E-state index >= 15 is 0 Å². The van der Waals surface area contributed by atoms with Crippen LogP contribution in [0.5, 0.6) is 0 Å². The molecule has 0 bridgehead atoms. The molecule has 26 heavy (non-hydrogen) atoms. The molecule has 2 amide bonds. The third-order valence-electron chi connectivity index (χ3n) is 4.96. The molecule has 2 aromatic rings. The molecule has 2 aromatic carbocycles. The van der Waals surface area contributed by atoms with Gasteiger partial charge in [-0.25, -0.2) is 0 Å². The largest absolute Gasteiger partial charge is 0.350 e. The Morgan fingerprint density at radius 1 is 1.12 bits per heavy atom. The van der Waals surface area contributed by atoms with Crippen LogP contribution in [-0.2, 0) is 29.0 Å². The van der Waals surface area contributed by atoms with Crippen LogP contribution in [0, 0.1) is 0 Å². The Labute approximate surface area is 155 Å². The first-order chi connectivity index (χ1) is 12.5. The van der Waals surface area contributed by atoms with Gasteiger partial charge in [0.05, 0.1) is 6.42 Å². The molecular weight excluding hydrogens is 324 g/mol. The molecule has 1 aliphatic rings. The van der Waals surface area contributed by atoms with Crippen molar-refractivity contribution < 1.29 is 9.59 Å². The first-order valence-corrected chi connectivity index (χ1v) is 9.25. The fourth-order valence-electron chi connectivity index (χ4n) is 3.54. The summed E-state index contributed by atoms with van der Waals surface area (Å²) in [6.45, 7) is 6.49. The molecule has 0 saturated carbocycles. The van der Waals surface area contributed by atoms with Crippen molar-refractivity contribution in [3.63, 3.8) is 0 Å². The highest BCUT2D eigenvalue weighted by molar-refractivity contribution is 5.92. The van der Waals surface area contributed by atoms with Crippen molar-refractivity contribution in [2.75, 3.05) is 0 Å². The average molecular weight is 350 g/mol. The monoisotopic (exact) mass is 350 g/mol. The molecule has 0 aliphatic carbocycles. The van der Waals surface area contributed by atoms with Crippen molar-refractivity contribution >= 4 is 11.8 Å². The number of benzene rings is 2. The van der Waals surface area contributed by atoms with Gasteiger partial charge in [-0.3, -0.25) is 9.59 Å². The highest BCUT2D eigenvalue weighted by atomic mass is 16.2. The van der Waals surface area contributed by atoms with Gasteiger partial charge >= 0.3 is 0 Å². The van der Waals surface area contributed by atoms with Crippen LogP contribution < -0.4 is 5.32 Å². The molecule has 0 unspecified atom stereocenters. The standard InChI is InChI=1S/C22H26N2O2/c1-4-16-9-11-17(12-10-16)14-23-22(26)21-19-8-6-5-7-18(19)13-20(25)24(21)15(2)3/h5-12,15,21H,4,13-14H2,1-3H3,(H,23,26)/t21-/m0/s1. The van der Waals surface area contributed by atoms with Crippen LogP contribution in [0.15, 0.2) is 48.5 Å². The average Bonchev–Trinajstić information content (AvgIpc) is 2.65. The quantitative estimate of drug-likeness (QED) is 0.898. The van der Waals surface area contributed by atoms with Gasteiger partial charge < -0.3 is 10.2 Å². The molecule has 0 saturated heterocycles. The molecule has 1 aliphatic heterocycles. The van der Waals surface area contributed by atoms with Crippen LogP contribution in [-0.4, -0.2) is 22.8 Å². The highest BCUT2D eigenvalue weighted by Gasteiger charge is 2.38. The van der Waals surface area contributed by atoms with Gasteiger partial charge in [-0.05, 0) is 42.5 Å². The molecule has 4 heteroatoms. The number of carbonyl (C=O) groups excluding carboxylic acids is 2. The normalized spacial score (nSPS) is 16.5. The SMILES string of the molecule is CCc1ccc(CNC(=O)[C@@H]2c3ccccc3CC(=O)N2C(C)C)cc1. The second kappa shape index (κ2) is 7.73. The summed E-state index contributed by atoms with van der Waals surface area (Å²) in [5, 5.41) is 3.02. The van der Waals surface area contributed by atoms with Gasteiger partial charge in [0.2, 0.25) is 11.8 Å². The van der Waals surface area contributed by atoms with Gasteiger partial charge in [0.1, 0.15) is 6.04 Å². The van der Waals surface area contributed by atoms with Gasteiger partial charge in [-0.2, -0.15) is 0 Å². The van der Waals surface area contributed by atoms with Crippen molar-refractivity contribution in [2.45, 2.75) is 52.2 Å². The number of aryl methyl sites for hydroxylation is 1. The van der Waals surface area contributed by atoms with E-state index in [1.807, 2.05) is 50.2 Å². The molecule has 3 rings (SSSR count). The molecule has 1 atom stereocenters. The van der Waals surface area contributed by atoms with Gasteiger partial charge in [0.25, 0.3) is 0 Å². The summed E-state index contributed by atoms with van der Waals surface area (Å²) in [7, 11) is 0. The summed E-state index contributed by atoms with van der Waals surface area (Å²) in [5.74, 6) is -0.120. The Kier molecular flexibility index (Phi) is 5.40. The third-order valence-corrected chi connectivity index (χ3v) is 4.96. The summed E-state index contributed by atoms with van der Waals surface area (Å²) < 4.78 is 0. The molecular formula is C22H26N2O2. The molecule has 136 valence electrons. The number of fused-ring (bicyclic) bond motifs is 1. The molecule has 1 heterocycles. The Morgan fingerprint density at radius 2 is 1.77 bits per heavy atom. The predicted octanol–water partition coefficient (Wildman–Crippen LogP) is 3.40. The van der Waals surface area contributed by atoms with Crippen LogP contribution in [0.4, 0.5) is 0 Å². The lowest BCUT2D eigenvalue weighted by atomic mass is 9.90. The summed E-state index contributed by atoms with van der Waals surface area (Å²) in [6, 6.07) is 15.4. The van der Waals surface area contributed by atoms with Crippen molar-refractivity contribution in [2.24, 2.45) is 0 Å². The molecule has 0 aromatic heterocycles. The first-order valence-electron chi connectivity index (χ1n) is 9.25. The van der Waals surface area contributed by atoms with Gasteiger partial charge in [-0.1, -0.05) is 55.5 Å². The van der Waals surface area contributed by atoms with Crippen LogP contribution >= 0.6 is 0 Å². The maximum absolute atomic E-state index is 13.0. The zero-order valence-electron chi connectivity index (χ0n) is 15.7. The minimum absolute atomic E-state index is 0.00569. The Hall–Kier alpha value is -2.62. The smallest absolute Gasteiger partial charge is 0.247 e. The second-order valence-corrected chi connectivity index (χ2v) is 7.06. The van der Waals surface area contributed by atoms with E-state index in [1.54, 1.807) is 4.90 Å². The maximum Gasteiger partial charge on any atom is 0.247 e. The Balaban J connectivity index is 1.81. The summed E-state index contributed by atoms with van der Waals surface area (Å²) >= 11 is 0. The van der Waals surface area contributed by atoms with Crippen LogP contribution in [0.2, 0.25) is 0 Å². The molecule has 0 fully saturated rings. The minimum atomic E-state index is -0.567. The molecule has 0 spiro atoms. The zero-order valence-corrected chi connectivity index (χ0v) is 15.7. The van der Waals surface area contributed by atoms with E-state index < -0.39 is 6.04 Å². The third kappa shape index (κ3) is 3.64. The van der Waals surface area contributed by atoms with Crippen molar-refractivity contribution in [3.05, 3.63) is 70.8 Å². The van der Waals surface area contributed by atoms with E-state index in [2.05, 4.69) is 24.4 Å². The van der Waals surface area contributed by atoms with Crippen LogP contribution in [0.1, 0.15) is 49.1 Å². The number of rotatable bonds is 5. The lowest BCUT2D eigenvalue weighted by Gasteiger charge is -2.39. The van der Waals surface area contributed by atoms with Crippen molar-refractivity contribution in [1.29, 1.82) is 0 Å². The Morgan fingerprint density at radius 3 is 2.42 bits per heavy atom. The number of hydrogen-bond acceptors (Lipinski definition) is 2.